The van der Waals surface area contributed by atoms with Crippen LogP contribution in [0.2, 0.25) is 0 Å². The van der Waals surface area contributed by atoms with Gasteiger partial charge in [0.1, 0.15) is 11.8 Å². The van der Waals surface area contributed by atoms with E-state index in [1.54, 1.807) is 30.3 Å². The highest BCUT2D eigenvalue weighted by Gasteiger charge is 2.09. The van der Waals surface area contributed by atoms with Gasteiger partial charge < -0.3 is 4.74 Å². The van der Waals surface area contributed by atoms with Gasteiger partial charge in [-0.3, -0.25) is 4.28 Å². The second-order valence-electron chi connectivity index (χ2n) is 3.20. The van der Waals surface area contributed by atoms with E-state index in [1.807, 2.05) is 0 Å². The third-order valence-corrected chi connectivity index (χ3v) is 3.07. The van der Waals surface area contributed by atoms with Crippen molar-refractivity contribution in [3.63, 3.8) is 0 Å². The van der Waals surface area contributed by atoms with Gasteiger partial charge in [-0.15, -0.1) is 0 Å². The molecule has 1 aromatic rings. The second-order valence-corrected chi connectivity index (χ2v) is 5.04. The number of nitrogens with zero attached hydrogens (tertiary/aromatic N) is 2. The van der Waals surface area contributed by atoms with E-state index in [9.17, 15) is 8.42 Å². The first-order valence-electron chi connectivity index (χ1n) is 5.06. The SMILES string of the molecule is CCS(=O)(=O)ON=C(C#N)c1ccc(OC)cc1. The molecule has 0 bridgehead atoms. The molecule has 0 aliphatic carbocycles. The van der Waals surface area contributed by atoms with Gasteiger partial charge in [0.2, 0.25) is 0 Å². The van der Waals surface area contributed by atoms with Crippen molar-refractivity contribution in [2.45, 2.75) is 6.92 Å². The number of ether oxygens (including phenoxy) is 1. The van der Waals surface area contributed by atoms with E-state index in [4.69, 9.17) is 10.00 Å². The summed E-state index contributed by atoms with van der Waals surface area (Å²) in [6.45, 7) is 1.42. The molecule has 0 N–H and O–H groups in total. The minimum Gasteiger partial charge on any atom is -0.497 e. The molecule has 0 atom stereocenters. The maximum atomic E-state index is 11.1. The Morgan fingerprint density at radius 3 is 2.44 bits per heavy atom. The van der Waals surface area contributed by atoms with Gasteiger partial charge in [0.15, 0.2) is 5.71 Å². The number of oxime groups is 1. The van der Waals surface area contributed by atoms with Crippen molar-refractivity contribution >= 4 is 15.8 Å². The molecule has 0 unspecified atom stereocenters. The molecule has 7 heteroatoms. The van der Waals surface area contributed by atoms with E-state index in [0.717, 1.165) is 0 Å². The highest BCUT2D eigenvalue weighted by Crippen LogP contribution is 2.12. The van der Waals surface area contributed by atoms with Crippen LogP contribution >= 0.6 is 0 Å². The summed E-state index contributed by atoms with van der Waals surface area (Å²) in [5.41, 5.74) is 0.333. The highest BCUT2D eigenvalue weighted by molar-refractivity contribution is 7.86. The Morgan fingerprint density at radius 1 is 1.39 bits per heavy atom. The van der Waals surface area contributed by atoms with E-state index in [1.165, 1.54) is 14.0 Å². The van der Waals surface area contributed by atoms with Gasteiger partial charge in [-0.25, -0.2) is 0 Å². The van der Waals surface area contributed by atoms with E-state index < -0.39 is 10.1 Å². The number of hydrogen-bond donors (Lipinski definition) is 0. The lowest BCUT2D eigenvalue weighted by Gasteiger charge is -2.01. The number of hydrogen-bond acceptors (Lipinski definition) is 6. The Bertz CT molecular complexity index is 570. The maximum Gasteiger partial charge on any atom is 0.328 e. The molecule has 0 amide bonds. The summed E-state index contributed by atoms with van der Waals surface area (Å²) in [4.78, 5) is 0. The van der Waals surface area contributed by atoms with Crippen LogP contribution in [0.1, 0.15) is 12.5 Å². The smallest absolute Gasteiger partial charge is 0.328 e. The van der Waals surface area contributed by atoms with E-state index in [-0.39, 0.29) is 11.5 Å². The maximum absolute atomic E-state index is 11.1. The first kappa shape index (κ1) is 14.0. The first-order valence-corrected chi connectivity index (χ1v) is 6.64. The number of benzene rings is 1. The van der Waals surface area contributed by atoms with Gasteiger partial charge >= 0.3 is 10.1 Å². The summed E-state index contributed by atoms with van der Waals surface area (Å²) in [6.07, 6.45) is 0. The fourth-order valence-corrected chi connectivity index (χ4v) is 1.33. The van der Waals surface area contributed by atoms with Crippen molar-refractivity contribution in [3.8, 4) is 11.8 Å². The standard InChI is InChI=1S/C11H12N2O4S/c1-3-18(14,15)17-13-11(8-12)9-4-6-10(16-2)7-5-9/h4-7H,3H2,1-2H3. The molecule has 96 valence electrons. The quantitative estimate of drug-likeness (QED) is 0.593. The molecule has 0 radical (unpaired) electrons. The minimum atomic E-state index is -3.71. The fraction of sp³-hybridized carbons (Fsp3) is 0.273. The minimum absolute atomic E-state index is 0.116. The second kappa shape index (κ2) is 6.02. The van der Waals surface area contributed by atoms with Crippen LogP contribution in [-0.4, -0.2) is 27.0 Å². The lowest BCUT2D eigenvalue weighted by Crippen LogP contribution is -2.07. The van der Waals surface area contributed by atoms with Crippen molar-refractivity contribution < 1.29 is 17.4 Å². The largest absolute Gasteiger partial charge is 0.497 e. The molecule has 6 nitrogen and oxygen atoms in total. The van der Waals surface area contributed by atoms with Gasteiger partial charge in [0.25, 0.3) is 0 Å². The number of methoxy groups -OCH3 is 1. The molecule has 0 saturated carbocycles. The number of rotatable bonds is 5. The van der Waals surface area contributed by atoms with Crippen molar-refractivity contribution in [2.24, 2.45) is 5.16 Å². The summed E-state index contributed by atoms with van der Waals surface area (Å²) >= 11 is 0. The third-order valence-electron chi connectivity index (χ3n) is 2.07. The molecule has 0 saturated heterocycles. The molecule has 0 spiro atoms. The van der Waals surface area contributed by atoms with Crippen LogP contribution in [0.5, 0.6) is 5.75 Å². The van der Waals surface area contributed by atoms with E-state index in [2.05, 4.69) is 9.44 Å². The van der Waals surface area contributed by atoms with Crippen LogP contribution in [0.15, 0.2) is 29.4 Å². The summed E-state index contributed by atoms with van der Waals surface area (Å²) < 4.78 is 31.5. The van der Waals surface area contributed by atoms with Gasteiger partial charge in [-0.05, 0) is 31.2 Å². The zero-order valence-corrected chi connectivity index (χ0v) is 10.8. The summed E-state index contributed by atoms with van der Waals surface area (Å²) in [6, 6.07) is 8.22. The summed E-state index contributed by atoms with van der Waals surface area (Å²) in [5, 5.41) is 12.2. The predicted molar refractivity (Wildman–Crippen MR) is 65.7 cm³/mol. The Balaban J connectivity index is 2.96. The zero-order chi connectivity index (χ0) is 13.6. The van der Waals surface area contributed by atoms with Crippen LogP contribution in [0.25, 0.3) is 0 Å². The van der Waals surface area contributed by atoms with Crippen molar-refractivity contribution in [1.29, 1.82) is 5.26 Å². The Hall–Kier alpha value is -2.07. The number of nitriles is 1. The van der Waals surface area contributed by atoms with Gasteiger partial charge in [-0.1, -0.05) is 5.16 Å². The zero-order valence-electron chi connectivity index (χ0n) is 9.95. The van der Waals surface area contributed by atoms with Crippen LogP contribution in [0.4, 0.5) is 0 Å². The van der Waals surface area contributed by atoms with E-state index >= 15 is 0 Å². The van der Waals surface area contributed by atoms with Crippen LogP contribution in [0, 0.1) is 11.3 Å². The van der Waals surface area contributed by atoms with Crippen LogP contribution in [-0.2, 0) is 14.4 Å². The molecule has 18 heavy (non-hydrogen) atoms. The van der Waals surface area contributed by atoms with Gasteiger partial charge in [-0.2, -0.15) is 13.7 Å². The first-order chi connectivity index (χ1) is 8.52. The Kier molecular flexibility index (Phi) is 4.68. The van der Waals surface area contributed by atoms with Gasteiger partial charge in [0, 0.05) is 5.56 Å². The summed E-state index contributed by atoms with van der Waals surface area (Å²) in [7, 11) is -2.19. The molecule has 0 aromatic heterocycles. The molecule has 0 aliphatic heterocycles. The highest BCUT2D eigenvalue weighted by atomic mass is 32.2. The molecule has 0 fully saturated rings. The van der Waals surface area contributed by atoms with Crippen LogP contribution < -0.4 is 4.74 Å². The average molecular weight is 268 g/mol. The van der Waals surface area contributed by atoms with Crippen molar-refractivity contribution in [2.75, 3.05) is 12.9 Å². The molecule has 1 rings (SSSR count). The lowest BCUT2D eigenvalue weighted by atomic mass is 10.1. The predicted octanol–water partition coefficient (Wildman–Crippen LogP) is 1.29. The monoisotopic (exact) mass is 268 g/mol. The topological polar surface area (TPSA) is 88.8 Å². The summed E-state index contributed by atoms with van der Waals surface area (Å²) in [5.74, 6) is 0.413. The fourth-order valence-electron chi connectivity index (χ4n) is 1.03. The van der Waals surface area contributed by atoms with Crippen molar-refractivity contribution in [1.82, 2.24) is 0 Å². The Morgan fingerprint density at radius 2 is 2.00 bits per heavy atom. The third kappa shape index (κ3) is 3.75. The molecule has 1 aromatic carbocycles. The van der Waals surface area contributed by atoms with E-state index in [0.29, 0.717) is 11.3 Å². The molecule has 0 heterocycles. The molecular weight excluding hydrogens is 256 g/mol. The lowest BCUT2D eigenvalue weighted by molar-refractivity contribution is 0.340. The average Bonchev–Trinajstić information content (AvgIpc) is 2.40. The normalized spacial score (nSPS) is 11.7. The molecular formula is C11H12N2O4S. The van der Waals surface area contributed by atoms with Crippen LogP contribution in [0.3, 0.4) is 0 Å². The van der Waals surface area contributed by atoms with Gasteiger partial charge in [0.05, 0.1) is 12.9 Å². The Labute approximate surface area is 106 Å². The van der Waals surface area contributed by atoms with Crippen molar-refractivity contribution in [3.05, 3.63) is 29.8 Å². The molecule has 0 aliphatic rings.